The highest BCUT2D eigenvalue weighted by Gasteiger charge is 2.20. The summed E-state index contributed by atoms with van der Waals surface area (Å²) < 4.78 is 5.54. The lowest BCUT2D eigenvalue weighted by molar-refractivity contribution is 0.231. The Morgan fingerprint density at radius 1 is 1.43 bits per heavy atom. The van der Waals surface area contributed by atoms with Gasteiger partial charge in [-0.1, -0.05) is 6.07 Å². The topological polar surface area (TPSA) is 34.1 Å². The van der Waals surface area contributed by atoms with Crippen molar-refractivity contribution in [3.63, 3.8) is 0 Å². The molecule has 1 aromatic rings. The molecule has 0 atom stereocenters. The first-order valence-electron chi connectivity index (χ1n) is 5.10. The van der Waals surface area contributed by atoms with E-state index in [0.29, 0.717) is 5.92 Å². The molecule has 0 saturated carbocycles. The predicted molar refractivity (Wildman–Crippen MR) is 55.6 cm³/mol. The average Bonchev–Trinajstić information content (AvgIpc) is 1.99. The number of hydrogen-bond donors (Lipinski definition) is 1. The molecule has 1 saturated heterocycles. The molecule has 0 spiro atoms. The number of hydrogen-bond acceptors (Lipinski definition) is 3. The Morgan fingerprint density at radius 2 is 2.21 bits per heavy atom. The van der Waals surface area contributed by atoms with Crippen LogP contribution in [0, 0.1) is 0 Å². The maximum Gasteiger partial charge on any atom is 0.213 e. The zero-order chi connectivity index (χ0) is 9.97. The van der Waals surface area contributed by atoms with Crippen LogP contribution in [0.15, 0.2) is 18.2 Å². The molecule has 0 amide bonds. The van der Waals surface area contributed by atoms with E-state index in [1.807, 2.05) is 26.0 Å². The van der Waals surface area contributed by atoms with Crippen molar-refractivity contribution in [3.05, 3.63) is 23.9 Å². The Labute approximate surface area is 84.5 Å². The van der Waals surface area contributed by atoms with Gasteiger partial charge < -0.3 is 10.1 Å². The first-order valence-corrected chi connectivity index (χ1v) is 5.10. The van der Waals surface area contributed by atoms with Crippen LogP contribution in [0.2, 0.25) is 0 Å². The molecule has 0 bridgehead atoms. The molecular formula is C11H16N2O. The second-order valence-corrected chi connectivity index (χ2v) is 3.92. The van der Waals surface area contributed by atoms with Crippen LogP contribution in [0.3, 0.4) is 0 Å². The first-order chi connectivity index (χ1) is 6.75. The third-order valence-corrected chi connectivity index (χ3v) is 2.30. The molecule has 1 N–H and O–H groups in total. The molecule has 0 unspecified atom stereocenters. The third kappa shape index (κ3) is 2.04. The summed E-state index contributed by atoms with van der Waals surface area (Å²) >= 11 is 0. The molecule has 2 rings (SSSR count). The van der Waals surface area contributed by atoms with Crippen LogP contribution in [-0.2, 0) is 0 Å². The minimum absolute atomic E-state index is 0.192. The number of aromatic nitrogens is 1. The number of ether oxygens (including phenoxy) is 1. The Hall–Kier alpha value is -1.09. The van der Waals surface area contributed by atoms with Gasteiger partial charge >= 0.3 is 0 Å². The van der Waals surface area contributed by atoms with Gasteiger partial charge in [0.2, 0.25) is 5.88 Å². The van der Waals surface area contributed by atoms with E-state index in [0.717, 1.165) is 24.7 Å². The van der Waals surface area contributed by atoms with Crippen molar-refractivity contribution in [3.8, 4) is 5.88 Å². The molecule has 1 aliphatic heterocycles. The van der Waals surface area contributed by atoms with Gasteiger partial charge in [-0.25, -0.2) is 4.98 Å². The Kier molecular flexibility index (Phi) is 2.68. The van der Waals surface area contributed by atoms with Gasteiger partial charge in [0.1, 0.15) is 0 Å². The van der Waals surface area contributed by atoms with Crippen LogP contribution in [0.5, 0.6) is 5.88 Å². The van der Waals surface area contributed by atoms with Crippen molar-refractivity contribution in [2.45, 2.75) is 25.9 Å². The smallest absolute Gasteiger partial charge is 0.213 e. The molecule has 14 heavy (non-hydrogen) atoms. The molecule has 76 valence electrons. The maximum absolute atomic E-state index is 5.54. The van der Waals surface area contributed by atoms with E-state index in [-0.39, 0.29) is 6.10 Å². The van der Waals surface area contributed by atoms with Gasteiger partial charge in [-0.05, 0) is 19.9 Å². The van der Waals surface area contributed by atoms with Gasteiger partial charge in [0.15, 0.2) is 0 Å². The summed E-state index contributed by atoms with van der Waals surface area (Å²) in [5.41, 5.74) is 1.14. The maximum atomic E-state index is 5.54. The molecule has 3 heteroatoms. The fraction of sp³-hybridized carbons (Fsp3) is 0.545. The van der Waals surface area contributed by atoms with Crippen LogP contribution in [0.4, 0.5) is 0 Å². The summed E-state index contributed by atoms with van der Waals surface area (Å²) in [7, 11) is 0. The Bertz CT molecular complexity index is 308. The largest absolute Gasteiger partial charge is 0.475 e. The van der Waals surface area contributed by atoms with Gasteiger partial charge in [0, 0.05) is 25.1 Å². The van der Waals surface area contributed by atoms with Crippen LogP contribution in [-0.4, -0.2) is 24.2 Å². The monoisotopic (exact) mass is 192 g/mol. The third-order valence-electron chi connectivity index (χ3n) is 2.30. The van der Waals surface area contributed by atoms with Gasteiger partial charge in [0.25, 0.3) is 0 Å². The van der Waals surface area contributed by atoms with Crippen molar-refractivity contribution >= 4 is 0 Å². The molecule has 1 aromatic heterocycles. The number of pyridine rings is 1. The summed E-state index contributed by atoms with van der Waals surface area (Å²) in [4.78, 5) is 4.47. The van der Waals surface area contributed by atoms with Crippen LogP contribution in [0.1, 0.15) is 25.5 Å². The van der Waals surface area contributed by atoms with Crippen molar-refractivity contribution < 1.29 is 4.74 Å². The van der Waals surface area contributed by atoms with E-state index >= 15 is 0 Å². The SMILES string of the molecule is CC(C)Oc1cccc(C2CNC2)n1. The quantitative estimate of drug-likeness (QED) is 0.789. The lowest BCUT2D eigenvalue weighted by Gasteiger charge is -2.26. The number of rotatable bonds is 3. The van der Waals surface area contributed by atoms with E-state index in [9.17, 15) is 0 Å². The number of nitrogens with zero attached hydrogens (tertiary/aromatic N) is 1. The molecule has 1 aliphatic rings. The van der Waals surface area contributed by atoms with Gasteiger partial charge in [-0.2, -0.15) is 0 Å². The summed E-state index contributed by atoms with van der Waals surface area (Å²) in [6.07, 6.45) is 0.192. The highest BCUT2D eigenvalue weighted by Crippen LogP contribution is 2.20. The predicted octanol–water partition coefficient (Wildman–Crippen LogP) is 1.56. The van der Waals surface area contributed by atoms with Gasteiger partial charge in [-0.3, -0.25) is 0 Å². The summed E-state index contributed by atoms with van der Waals surface area (Å²) in [6, 6.07) is 5.99. The first kappa shape index (κ1) is 9.46. The Morgan fingerprint density at radius 3 is 2.79 bits per heavy atom. The zero-order valence-corrected chi connectivity index (χ0v) is 8.66. The normalized spacial score (nSPS) is 16.8. The van der Waals surface area contributed by atoms with E-state index in [1.165, 1.54) is 0 Å². The second-order valence-electron chi connectivity index (χ2n) is 3.92. The molecule has 0 radical (unpaired) electrons. The van der Waals surface area contributed by atoms with E-state index in [4.69, 9.17) is 4.74 Å². The van der Waals surface area contributed by atoms with Crippen molar-refractivity contribution in [2.24, 2.45) is 0 Å². The molecule has 1 fully saturated rings. The summed E-state index contributed by atoms with van der Waals surface area (Å²) in [5.74, 6) is 1.31. The van der Waals surface area contributed by atoms with E-state index in [2.05, 4.69) is 16.4 Å². The average molecular weight is 192 g/mol. The fourth-order valence-electron chi connectivity index (χ4n) is 1.46. The lowest BCUT2D eigenvalue weighted by Crippen LogP contribution is -2.40. The van der Waals surface area contributed by atoms with E-state index < -0.39 is 0 Å². The second kappa shape index (κ2) is 3.96. The number of nitrogens with one attached hydrogen (secondary N) is 1. The van der Waals surface area contributed by atoms with Gasteiger partial charge in [-0.15, -0.1) is 0 Å². The van der Waals surface area contributed by atoms with E-state index in [1.54, 1.807) is 0 Å². The minimum Gasteiger partial charge on any atom is -0.475 e. The Balaban J connectivity index is 2.09. The standard InChI is InChI=1S/C11H16N2O/c1-8(2)14-11-5-3-4-10(13-11)9-6-12-7-9/h3-5,8-9,12H,6-7H2,1-2H3. The highest BCUT2D eigenvalue weighted by atomic mass is 16.5. The molecular weight excluding hydrogens is 176 g/mol. The van der Waals surface area contributed by atoms with Crippen molar-refractivity contribution in [1.82, 2.24) is 10.3 Å². The fourth-order valence-corrected chi connectivity index (χ4v) is 1.46. The van der Waals surface area contributed by atoms with Gasteiger partial charge in [0.05, 0.1) is 11.8 Å². The highest BCUT2D eigenvalue weighted by molar-refractivity contribution is 5.21. The van der Waals surface area contributed by atoms with Crippen molar-refractivity contribution in [1.29, 1.82) is 0 Å². The minimum atomic E-state index is 0.192. The summed E-state index contributed by atoms with van der Waals surface area (Å²) in [5, 5.41) is 3.24. The molecule has 0 aliphatic carbocycles. The molecule has 3 nitrogen and oxygen atoms in total. The van der Waals surface area contributed by atoms with Crippen LogP contribution < -0.4 is 10.1 Å². The van der Waals surface area contributed by atoms with Crippen molar-refractivity contribution in [2.75, 3.05) is 13.1 Å². The molecule has 2 heterocycles. The zero-order valence-electron chi connectivity index (χ0n) is 8.66. The molecule has 0 aromatic carbocycles. The van der Waals surface area contributed by atoms with Crippen LogP contribution >= 0.6 is 0 Å². The van der Waals surface area contributed by atoms with Crippen LogP contribution in [0.25, 0.3) is 0 Å². The lowest BCUT2D eigenvalue weighted by atomic mass is 9.99. The summed E-state index contributed by atoms with van der Waals surface area (Å²) in [6.45, 7) is 6.11.